The minimum Gasteiger partial charge on any atom is -0.446 e. The maximum atomic E-state index is 12.1. The van der Waals surface area contributed by atoms with Crippen molar-refractivity contribution in [3.63, 3.8) is 0 Å². The lowest BCUT2D eigenvalue weighted by molar-refractivity contribution is 0.0713. The van der Waals surface area contributed by atoms with E-state index in [9.17, 15) is 4.79 Å². The largest absolute Gasteiger partial charge is 0.446 e. The quantitative estimate of drug-likeness (QED) is 0.862. The lowest BCUT2D eigenvalue weighted by atomic mass is 9.94. The summed E-state index contributed by atoms with van der Waals surface area (Å²) in [4.78, 5) is 12.1. The van der Waals surface area contributed by atoms with Crippen LogP contribution in [0.2, 0.25) is 0 Å². The molecule has 2 saturated carbocycles. The third kappa shape index (κ3) is 4.60. The summed E-state index contributed by atoms with van der Waals surface area (Å²) in [6, 6.07) is 10.8. The molecule has 0 unspecified atom stereocenters. The van der Waals surface area contributed by atoms with Crippen molar-refractivity contribution in [3.8, 4) is 0 Å². The van der Waals surface area contributed by atoms with Gasteiger partial charge in [-0.2, -0.15) is 0 Å². The summed E-state index contributed by atoms with van der Waals surface area (Å²) < 4.78 is 5.55. The number of amides is 1. The average molecular weight is 328 g/mol. The van der Waals surface area contributed by atoms with Crippen molar-refractivity contribution in [2.75, 3.05) is 0 Å². The lowest BCUT2D eigenvalue weighted by Crippen LogP contribution is -2.35. The number of ether oxygens (including phenoxy) is 1. The Morgan fingerprint density at radius 2 is 1.96 bits per heavy atom. The molecule has 0 radical (unpaired) electrons. The highest BCUT2D eigenvalue weighted by Crippen LogP contribution is 2.39. The van der Waals surface area contributed by atoms with Crippen LogP contribution in [0.1, 0.15) is 51.0 Å². The minimum atomic E-state index is -0.266. The normalized spacial score (nSPS) is 29.8. The zero-order valence-electron chi connectivity index (χ0n) is 14.4. The van der Waals surface area contributed by atoms with Gasteiger partial charge in [0, 0.05) is 18.0 Å². The molecule has 3 N–H and O–H groups in total. The monoisotopic (exact) mass is 328 g/mol. The number of rotatable bonds is 5. The molecule has 1 aromatic carbocycles. The van der Waals surface area contributed by atoms with E-state index in [0.717, 1.165) is 38.5 Å². The third-order valence-electron chi connectivity index (χ3n) is 5.12. The molecule has 0 saturated heterocycles. The fourth-order valence-electron chi connectivity index (χ4n) is 3.54. The summed E-state index contributed by atoms with van der Waals surface area (Å²) in [5.74, 6) is 0.447. The molecule has 0 bridgehead atoms. The molecular formula is C20H28N2O2. The second-order valence-corrected chi connectivity index (χ2v) is 7.02. The summed E-state index contributed by atoms with van der Waals surface area (Å²) >= 11 is 0. The number of carbonyl (C=O) groups excluding carboxylic acids is 1. The maximum absolute atomic E-state index is 12.1. The first-order valence-corrected chi connectivity index (χ1v) is 9.14. The van der Waals surface area contributed by atoms with Gasteiger partial charge in [-0.25, -0.2) is 4.79 Å². The van der Waals surface area contributed by atoms with Crippen molar-refractivity contribution in [1.29, 1.82) is 0 Å². The van der Waals surface area contributed by atoms with Crippen LogP contribution >= 0.6 is 0 Å². The van der Waals surface area contributed by atoms with Gasteiger partial charge in [0.1, 0.15) is 6.10 Å². The van der Waals surface area contributed by atoms with Gasteiger partial charge in [-0.1, -0.05) is 48.9 Å². The highest BCUT2D eigenvalue weighted by molar-refractivity contribution is 5.69. The SMILES string of the molecule is CC/C(=C\c1ccccc1)[C@@H]1C[C@H]1NC(=O)OC1CCC(N)CC1. The van der Waals surface area contributed by atoms with Crippen molar-refractivity contribution >= 4 is 12.2 Å². The van der Waals surface area contributed by atoms with Gasteiger partial charge in [-0.3, -0.25) is 0 Å². The van der Waals surface area contributed by atoms with E-state index in [1.165, 1.54) is 11.1 Å². The van der Waals surface area contributed by atoms with Crippen molar-refractivity contribution in [2.45, 2.75) is 63.6 Å². The van der Waals surface area contributed by atoms with Crippen LogP contribution in [0.25, 0.3) is 6.08 Å². The van der Waals surface area contributed by atoms with Crippen molar-refractivity contribution in [3.05, 3.63) is 41.5 Å². The van der Waals surface area contributed by atoms with Crippen LogP contribution in [0.5, 0.6) is 0 Å². The van der Waals surface area contributed by atoms with Crippen LogP contribution in [-0.4, -0.2) is 24.3 Å². The smallest absolute Gasteiger partial charge is 0.407 e. The first kappa shape index (κ1) is 17.0. The molecule has 0 spiro atoms. The number of benzene rings is 1. The molecule has 2 aliphatic rings. The van der Waals surface area contributed by atoms with Gasteiger partial charge in [-0.05, 0) is 44.1 Å². The number of nitrogens with one attached hydrogen (secondary N) is 1. The summed E-state index contributed by atoms with van der Waals surface area (Å²) in [5, 5.41) is 3.03. The summed E-state index contributed by atoms with van der Waals surface area (Å²) in [5.41, 5.74) is 8.51. The summed E-state index contributed by atoms with van der Waals surface area (Å²) in [6.07, 6.45) is 7.71. The molecule has 4 nitrogen and oxygen atoms in total. The Morgan fingerprint density at radius 3 is 2.62 bits per heavy atom. The van der Waals surface area contributed by atoms with Gasteiger partial charge < -0.3 is 15.8 Å². The molecular weight excluding hydrogens is 300 g/mol. The molecule has 24 heavy (non-hydrogen) atoms. The molecule has 0 aromatic heterocycles. The molecule has 1 amide bonds. The van der Waals surface area contributed by atoms with Crippen molar-refractivity contribution in [2.24, 2.45) is 11.7 Å². The van der Waals surface area contributed by atoms with E-state index < -0.39 is 0 Å². The molecule has 130 valence electrons. The molecule has 1 aromatic rings. The Balaban J connectivity index is 1.47. The summed E-state index contributed by atoms with van der Waals surface area (Å²) in [6.45, 7) is 2.17. The van der Waals surface area contributed by atoms with E-state index in [0.29, 0.717) is 5.92 Å². The van der Waals surface area contributed by atoms with Gasteiger partial charge in [0.2, 0.25) is 0 Å². The van der Waals surface area contributed by atoms with Gasteiger partial charge in [0.15, 0.2) is 0 Å². The van der Waals surface area contributed by atoms with E-state index >= 15 is 0 Å². The number of hydrogen-bond donors (Lipinski definition) is 2. The molecule has 2 fully saturated rings. The van der Waals surface area contributed by atoms with Crippen molar-refractivity contribution in [1.82, 2.24) is 5.32 Å². The van der Waals surface area contributed by atoms with Gasteiger partial charge in [-0.15, -0.1) is 0 Å². The Kier molecular flexibility index (Phi) is 5.56. The van der Waals surface area contributed by atoms with Crippen LogP contribution in [0.4, 0.5) is 4.79 Å². The van der Waals surface area contributed by atoms with E-state index in [-0.39, 0.29) is 24.3 Å². The van der Waals surface area contributed by atoms with Gasteiger partial charge >= 0.3 is 6.09 Å². The lowest BCUT2D eigenvalue weighted by Gasteiger charge is -2.25. The highest BCUT2D eigenvalue weighted by atomic mass is 16.6. The zero-order valence-corrected chi connectivity index (χ0v) is 14.4. The number of carbonyl (C=O) groups is 1. The maximum Gasteiger partial charge on any atom is 0.407 e. The number of nitrogens with two attached hydrogens (primary N) is 1. The predicted molar refractivity (Wildman–Crippen MR) is 96.5 cm³/mol. The third-order valence-corrected chi connectivity index (χ3v) is 5.12. The molecule has 3 rings (SSSR count). The Bertz CT molecular complexity index is 577. The van der Waals surface area contributed by atoms with Crippen molar-refractivity contribution < 1.29 is 9.53 Å². The fraction of sp³-hybridized carbons (Fsp3) is 0.550. The van der Waals surface area contributed by atoms with Crippen LogP contribution in [0.3, 0.4) is 0 Å². The highest BCUT2D eigenvalue weighted by Gasteiger charge is 2.40. The molecule has 2 aliphatic carbocycles. The van der Waals surface area contributed by atoms with Crippen LogP contribution in [0.15, 0.2) is 35.9 Å². The van der Waals surface area contributed by atoms with Gasteiger partial charge in [0.25, 0.3) is 0 Å². The first-order chi connectivity index (χ1) is 11.7. The van der Waals surface area contributed by atoms with Crippen LogP contribution in [-0.2, 0) is 4.74 Å². The Hall–Kier alpha value is -1.81. The van der Waals surface area contributed by atoms with E-state index in [1.807, 2.05) is 6.07 Å². The first-order valence-electron chi connectivity index (χ1n) is 9.14. The van der Waals surface area contributed by atoms with E-state index in [4.69, 9.17) is 10.5 Å². The predicted octanol–water partition coefficient (Wildman–Crippen LogP) is 3.86. The molecule has 0 heterocycles. The van der Waals surface area contributed by atoms with E-state index in [2.05, 4.69) is 42.6 Å². The van der Waals surface area contributed by atoms with Crippen LogP contribution < -0.4 is 11.1 Å². The minimum absolute atomic E-state index is 0.0347. The molecule has 2 atom stereocenters. The Morgan fingerprint density at radius 1 is 1.25 bits per heavy atom. The Labute approximate surface area is 144 Å². The second-order valence-electron chi connectivity index (χ2n) is 7.02. The van der Waals surface area contributed by atoms with E-state index in [1.54, 1.807) is 0 Å². The van der Waals surface area contributed by atoms with Crippen LogP contribution in [0, 0.1) is 5.92 Å². The van der Waals surface area contributed by atoms with Gasteiger partial charge in [0.05, 0.1) is 0 Å². The zero-order chi connectivity index (χ0) is 16.9. The number of alkyl carbamates (subject to hydrolysis) is 1. The molecule has 4 heteroatoms. The second kappa shape index (κ2) is 7.84. The topological polar surface area (TPSA) is 64.3 Å². The molecule has 0 aliphatic heterocycles. The fourth-order valence-corrected chi connectivity index (χ4v) is 3.54. The number of hydrogen-bond acceptors (Lipinski definition) is 3. The standard InChI is InChI=1S/C20H28N2O2/c1-2-15(12-14-6-4-3-5-7-14)18-13-19(18)22-20(23)24-17-10-8-16(21)9-11-17/h3-7,12,16-19H,2,8-11,13,21H2,1H3,(H,22,23)/b15-12+/t16?,17?,18-,19+/m0/s1. The average Bonchev–Trinajstić information content (AvgIpc) is 3.34. The summed E-state index contributed by atoms with van der Waals surface area (Å²) in [7, 11) is 0.